The smallest absolute Gasteiger partial charge is 0.197 e. The topological polar surface area (TPSA) is 81.8 Å². The Hall–Kier alpha value is -10.2. The maximum Gasteiger partial charge on any atom is 0.197 e. The normalized spacial score (nSPS) is 12.2. The Morgan fingerprint density at radius 1 is 0.354 bits per heavy atom. The Bertz CT molecular complexity index is 6360. The molecule has 12 heteroatoms. The first kappa shape index (κ1) is 56.8. The molecule has 99 heavy (non-hydrogen) atoms. The first-order valence-corrected chi connectivity index (χ1v) is 35.5. The van der Waals surface area contributed by atoms with E-state index in [1.54, 1.807) is 6.20 Å². The highest BCUT2D eigenvalue weighted by atomic mass is 79.9. The highest BCUT2D eigenvalue weighted by Gasteiger charge is 2.22. The van der Waals surface area contributed by atoms with Crippen LogP contribution in [0.25, 0.3) is 138 Å². The number of fused-ring (bicyclic) bond motifs is 11. The fraction of sp³-hybridized carbons (Fsp3) is 0.0115. The van der Waals surface area contributed by atoms with E-state index in [9.17, 15) is 0 Å². The fourth-order valence-electron chi connectivity index (χ4n) is 12.6. The van der Waals surface area contributed by atoms with Gasteiger partial charge >= 0.3 is 0 Å². The molecular weight excluding hydrogens is 1540 g/mol. The summed E-state index contributed by atoms with van der Waals surface area (Å²) in [6.07, 6.45) is 4.27. The van der Waals surface area contributed by atoms with Crippen molar-refractivity contribution in [1.29, 1.82) is 0 Å². The fourth-order valence-corrected chi connectivity index (χ4v) is 14.5. The molecule has 5 aromatic heterocycles. The predicted molar refractivity (Wildman–Crippen MR) is 428 cm³/mol. The number of para-hydroxylation sites is 2. The number of halogens is 5. The molecule has 0 N–H and O–H groups in total. The van der Waals surface area contributed by atoms with Gasteiger partial charge in [-0.2, -0.15) is 0 Å². The summed E-state index contributed by atoms with van der Waals surface area (Å²) in [6, 6.07) is 91.0. The summed E-state index contributed by atoms with van der Waals surface area (Å²) < 4.78 is 62.6. The third kappa shape index (κ3) is 13.9. The van der Waals surface area contributed by atoms with Gasteiger partial charge in [0, 0.05) is 70.7 Å². The Balaban J connectivity index is 0.000000106. The standard InChI is InChI=1S/C20H13BrN2.C19H13Br.C18H10BrN.C16H11BrN2.C14H9BrN2/c21-19-13-18(22-20(23-19)15-8-2-1-3-9-15)17-12-6-10-14-7-4-5-11-16(14)17;20-15-7-3-6-13(11-15)17-9-4-10-18-16-8-2-1-5-14(16)12-19(17)18;19-11-8-9-17-15(10-11)14-6-3-5-13-12-4-1-2-7-16(12)20(17)18(13)14;17-14-11-18-16(13-9-5-2-6-10-13)19-15(14)12-7-3-1-4-8-12;15-14-16-9-8-13(17-14)12-7-3-5-10-4-1-2-6-11(10)12/h1-13H;1-11H,12H2;1-10H;1-11H;1-9H/i;;;;1D,2D,3D,4D,5D,6D,7D. The molecule has 0 saturated heterocycles. The van der Waals surface area contributed by atoms with E-state index < -0.39 is 30.2 Å². The monoisotopic (exact) mass is 1600 g/mol. The van der Waals surface area contributed by atoms with Gasteiger partial charge in [0.1, 0.15) is 4.60 Å². The third-order valence-corrected chi connectivity index (χ3v) is 19.3. The van der Waals surface area contributed by atoms with Crippen LogP contribution in [0.4, 0.5) is 0 Å². The number of hydrogen-bond acceptors (Lipinski definition) is 6. The van der Waals surface area contributed by atoms with Gasteiger partial charge in [0.15, 0.2) is 16.4 Å². The minimum atomic E-state index is -0.479. The summed E-state index contributed by atoms with van der Waals surface area (Å²) in [7, 11) is 0. The van der Waals surface area contributed by atoms with Crippen molar-refractivity contribution in [2.45, 2.75) is 6.42 Å². The lowest BCUT2D eigenvalue weighted by atomic mass is 9.96. The van der Waals surface area contributed by atoms with Crippen LogP contribution >= 0.6 is 79.6 Å². The van der Waals surface area contributed by atoms with Crippen LogP contribution < -0.4 is 0 Å². The Kier molecular flexibility index (Phi) is 16.9. The van der Waals surface area contributed by atoms with E-state index in [0.29, 0.717) is 0 Å². The van der Waals surface area contributed by atoms with E-state index >= 15 is 0 Å². The van der Waals surface area contributed by atoms with Gasteiger partial charge in [0.2, 0.25) is 0 Å². The van der Waals surface area contributed by atoms with Crippen LogP contribution in [0.2, 0.25) is 0 Å². The highest BCUT2D eigenvalue weighted by Crippen LogP contribution is 2.43. The summed E-state index contributed by atoms with van der Waals surface area (Å²) in [4.78, 5) is 26.4. The molecule has 1 aliphatic carbocycles. The Morgan fingerprint density at radius 3 is 1.75 bits per heavy atom. The maximum atomic E-state index is 8.18. The van der Waals surface area contributed by atoms with Gasteiger partial charge in [-0.1, -0.05) is 299 Å². The summed E-state index contributed by atoms with van der Waals surface area (Å²) in [5.74, 6) is 1.46. The van der Waals surface area contributed by atoms with Crippen LogP contribution in [0.5, 0.6) is 0 Å². The molecule has 0 atom stereocenters. The maximum absolute atomic E-state index is 8.18. The van der Waals surface area contributed by atoms with Crippen molar-refractivity contribution in [3.63, 3.8) is 0 Å². The molecule has 0 unspecified atom stereocenters. The second-order valence-electron chi connectivity index (χ2n) is 23.0. The minimum absolute atomic E-state index is 0.0117. The summed E-state index contributed by atoms with van der Waals surface area (Å²) in [6.45, 7) is 0. The SMILES string of the molecule is Brc1cc(-c2cccc3ccccc23)nc(-c2ccccc2)n1.Brc1ccc2c(c1)c1cccc3c4ccccc4n2c31.Brc1cccc(-c2cccc3c2Cc2ccccc2-3)c1.Brc1cnc(-c2ccccc2)nc1-c1ccccc1.[2H]c1c([2H])c([2H])c2c(-c3ccnc(Br)n3)c([2H])c([2H])c([2H])c2c1[2H]. The van der Waals surface area contributed by atoms with Crippen molar-refractivity contribution in [3.05, 3.63) is 362 Å². The van der Waals surface area contributed by atoms with E-state index in [1.807, 2.05) is 97.1 Å². The number of nitrogens with zero attached hydrogens (tertiary/aromatic N) is 7. The average Bonchev–Trinajstić information content (AvgIpc) is 1.48. The van der Waals surface area contributed by atoms with Crippen molar-refractivity contribution < 1.29 is 9.60 Å². The van der Waals surface area contributed by atoms with E-state index in [1.165, 1.54) is 94.5 Å². The molecule has 1 aliphatic rings. The molecule has 7 nitrogen and oxygen atoms in total. The second-order valence-corrected chi connectivity index (χ2v) is 27.2. The van der Waals surface area contributed by atoms with E-state index in [4.69, 9.17) is 14.6 Å². The molecule has 474 valence electrons. The number of benzene rings is 13. The Morgan fingerprint density at radius 2 is 0.949 bits per heavy atom. The molecule has 0 saturated carbocycles. The molecule has 19 rings (SSSR count). The van der Waals surface area contributed by atoms with Crippen LogP contribution in [-0.4, -0.2) is 34.3 Å². The number of hydrogen-bond donors (Lipinski definition) is 0. The van der Waals surface area contributed by atoms with Crippen molar-refractivity contribution >= 4 is 139 Å². The van der Waals surface area contributed by atoms with Crippen molar-refractivity contribution in [3.8, 4) is 78.8 Å². The van der Waals surface area contributed by atoms with Gasteiger partial charge in [-0.25, -0.2) is 29.9 Å². The molecule has 13 aromatic carbocycles. The largest absolute Gasteiger partial charge is 0.308 e. The zero-order valence-electron chi connectivity index (χ0n) is 59.4. The van der Waals surface area contributed by atoms with Crippen molar-refractivity contribution in [2.24, 2.45) is 0 Å². The van der Waals surface area contributed by atoms with Gasteiger partial charge in [-0.15, -0.1) is 0 Å². The van der Waals surface area contributed by atoms with Crippen LogP contribution in [0, 0.1) is 0 Å². The van der Waals surface area contributed by atoms with E-state index in [0.717, 1.165) is 69.7 Å². The average molecular weight is 1610 g/mol. The van der Waals surface area contributed by atoms with E-state index in [-0.39, 0.29) is 38.8 Å². The summed E-state index contributed by atoms with van der Waals surface area (Å²) >= 11 is 17.3. The van der Waals surface area contributed by atoms with Crippen LogP contribution in [0.1, 0.15) is 20.7 Å². The quantitative estimate of drug-likeness (QED) is 0.122. The molecule has 5 heterocycles. The van der Waals surface area contributed by atoms with Crippen LogP contribution in [-0.2, 0) is 6.42 Å². The van der Waals surface area contributed by atoms with Crippen LogP contribution in [0.15, 0.2) is 350 Å². The zero-order valence-corrected chi connectivity index (χ0v) is 60.3. The van der Waals surface area contributed by atoms with Crippen molar-refractivity contribution in [1.82, 2.24) is 34.3 Å². The van der Waals surface area contributed by atoms with Crippen LogP contribution in [0.3, 0.4) is 0 Å². The highest BCUT2D eigenvalue weighted by molar-refractivity contribution is 9.11. The molecule has 0 bridgehead atoms. The molecule has 0 fully saturated rings. The van der Waals surface area contributed by atoms with Gasteiger partial charge in [-0.3, -0.25) is 0 Å². The summed E-state index contributed by atoms with van der Waals surface area (Å²) in [5.41, 5.74) is 18.6. The van der Waals surface area contributed by atoms with Gasteiger partial charge in [-0.05, 0) is 158 Å². The van der Waals surface area contributed by atoms with Crippen molar-refractivity contribution in [2.75, 3.05) is 0 Å². The molecule has 0 amide bonds. The lowest BCUT2D eigenvalue weighted by molar-refractivity contribution is 1.12. The zero-order chi connectivity index (χ0) is 73.3. The lowest BCUT2D eigenvalue weighted by Gasteiger charge is -2.09. The first-order valence-electron chi connectivity index (χ1n) is 35.1. The number of rotatable bonds is 6. The molecule has 0 spiro atoms. The molecule has 18 aromatic rings. The van der Waals surface area contributed by atoms with Gasteiger partial charge < -0.3 is 4.40 Å². The second kappa shape index (κ2) is 29.5. The lowest BCUT2D eigenvalue weighted by Crippen LogP contribution is -1.93. The molecule has 0 aliphatic heterocycles. The minimum Gasteiger partial charge on any atom is -0.308 e. The van der Waals surface area contributed by atoms with E-state index in [2.05, 4.69) is 279 Å². The van der Waals surface area contributed by atoms with Gasteiger partial charge in [0.05, 0.1) is 47.7 Å². The Labute approximate surface area is 624 Å². The summed E-state index contributed by atoms with van der Waals surface area (Å²) in [5, 5.41) is 7.63. The first-order chi connectivity index (χ1) is 51.6. The molecular formula is C87H56Br5N7. The molecule has 0 radical (unpaired) electrons. The van der Waals surface area contributed by atoms with Gasteiger partial charge in [0.25, 0.3) is 0 Å². The third-order valence-electron chi connectivity index (χ3n) is 17.0. The predicted octanol–water partition coefficient (Wildman–Crippen LogP) is 25.6. The number of aromatic nitrogens is 7.